The topological polar surface area (TPSA) is 62.1 Å². The molecule has 6 nitrogen and oxygen atoms in total. The third kappa shape index (κ3) is 3.59. The molecule has 0 aliphatic carbocycles. The van der Waals surface area contributed by atoms with Crippen LogP contribution < -0.4 is 19.7 Å². The maximum Gasteiger partial charge on any atom is 0.263 e. The van der Waals surface area contributed by atoms with E-state index in [0.29, 0.717) is 28.3 Å². The van der Waals surface area contributed by atoms with Crippen LogP contribution in [0.5, 0.6) is 17.2 Å². The molecular weight excluding hydrogens is 308 g/mol. The summed E-state index contributed by atoms with van der Waals surface area (Å²) in [4.78, 5) is 17.4. The molecule has 0 bridgehead atoms. The van der Waals surface area contributed by atoms with Crippen molar-refractivity contribution in [1.29, 1.82) is 0 Å². The number of hydrogen-bond acceptors (Lipinski definition) is 5. The number of benzene rings is 1. The van der Waals surface area contributed by atoms with E-state index in [1.165, 1.54) is 25.9 Å². The van der Waals surface area contributed by atoms with Gasteiger partial charge in [-0.3, -0.25) is 14.4 Å². The Kier molecular flexibility index (Phi) is 5.63. The van der Waals surface area contributed by atoms with E-state index in [1.807, 2.05) is 19.9 Å². The van der Waals surface area contributed by atoms with Crippen LogP contribution in [0.25, 0.3) is 0 Å². The monoisotopic (exact) mass is 330 g/mol. The number of rotatable bonds is 5. The smallest absolute Gasteiger partial charge is 0.263 e. The Balaban J connectivity index is 2.60. The summed E-state index contributed by atoms with van der Waals surface area (Å²) >= 11 is 0. The molecule has 0 saturated carbocycles. The molecule has 0 N–H and O–H groups in total. The summed E-state index contributed by atoms with van der Waals surface area (Å²) < 4.78 is 17.4. The summed E-state index contributed by atoms with van der Waals surface area (Å²) in [5, 5.41) is 0. The van der Waals surface area contributed by atoms with Crippen LogP contribution >= 0.6 is 0 Å². The van der Waals surface area contributed by atoms with Gasteiger partial charge in [-0.15, -0.1) is 0 Å². The molecule has 1 aromatic carbocycles. The fraction of sp³-hybridized carbons (Fsp3) is 0.333. The van der Waals surface area contributed by atoms with Gasteiger partial charge in [-0.2, -0.15) is 0 Å². The third-order valence-corrected chi connectivity index (χ3v) is 3.36. The Bertz CT molecular complexity index is 769. The van der Waals surface area contributed by atoms with Crippen molar-refractivity contribution in [1.82, 2.24) is 4.57 Å². The highest BCUT2D eigenvalue weighted by atomic mass is 16.5. The van der Waals surface area contributed by atoms with Crippen molar-refractivity contribution in [2.24, 2.45) is 4.99 Å². The Hall–Kier alpha value is -2.76. The lowest BCUT2D eigenvalue weighted by atomic mass is 10.1. The molecule has 2 rings (SSSR count). The molecule has 0 atom stereocenters. The highest BCUT2D eigenvalue weighted by molar-refractivity contribution is 5.97. The van der Waals surface area contributed by atoms with Gasteiger partial charge in [0.05, 0.1) is 21.3 Å². The number of methoxy groups -OCH3 is 3. The molecule has 0 fully saturated rings. The largest absolute Gasteiger partial charge is 0.493 e. The van der Waals surface area contributed by atoms with E-state index in [4.69, 9.17) is 14.2 Å². The first-order chi connectivity index (χ1) is 11.5. The van der Waals surface area contributed by atoms with Crippen LogP contribution in [0.15, 0.2) is 41.5 Å². The van der Waals surface area contributed by atoms with Crippen molar-refractivity contribution in [2.45, 2.75) is 19.9 Å². The zero-order chi connectivity index (χ0) is 17.7. The highest BCUT2D eigenvalue weighted by Gasteiger charge is 2.18. The highest BCUT2D eigenvalue weighted by Crippen LogP contribution is 2.38. The predicted octanol–water partition coefficient (Wildman–Crippen LogP) is 2.51. The molecule has 0 saturated heterocycles. The average Bonchev–Trinajstić information content (AvgIpc) is 2.59. The van der Waals surface area contributed by atoms with Gasteiger partial charge in [0.2, 0.25) is 5.75 Å². The van der Waals surface area contributed by atoms with Gasteiger partial charge in [0.25, 0.3) is 5.91 Å². The van der Waals surface area contributed by atoms with Crippen molar-refractivity contribution in [3.8, 4) is 17.2 Å². The minimum absolute atomic E-state index is 0.0754. The van der Waals surface area contributed by atoms with Crippen molar-refractivity contribution < 1.29 is 19.0 Å². The summed E-state index contributed by atoms with van der Waals surface area (Å²) in [5.74, 6) is 1.08. The Labute approximate surface area is 141 Å². The fourth-order valence-corrected chi connectivity index (χ4v) is 2.32. The van der Waals surface area contributed by atoms with Crippen LogP contribution in [-0.2, 0) is 0 Å². The van der Waals surface area contributed by atoms with Crippen LogP contribution in [0.3, 0.4) is 0 Å². The molecule has 0 spiro atoms. The van der Waals surface area contributed by atoms with Crippen LogP contribution in [0.4, 0.5) is 0 Å². The van der Waals surface area contributed by atoms with Gasteiger partial charge >= 0.3 is 0 Å². The minimum atomic E-state index is -0.228. The normalized spacial score (nSPS) is 11.5. The number of aromatic nitrogens is 1. The summed E-state index contributed by atoms with van der Waals surface area (Å²) in [7, 11) is 4.55. The van der Waals surface area contributed by atoms with Gasteiger partial charge in [-0.1, -0.05) is 6.07 Å². The van der Waals surface area contributed by atoms with E-state index in [1.54, 1.807) is 30.5 Å². The van der Waals surface area contributed by atoms with Gasteiger partial charge in [-0.25, -0.2) is 0 Å². The summed E-state index contributed by atoms with van der Waals surface area (Å²) in [6.45, 7) is 3.92. The van der Waals surface area contributed by atoms with E-state index < -0.39 is 0 Å². The SMILES string of the molecule is COc1cc(C(=O)n2ccccc2=NC(C)C)cc(OC)c1OC. The lowest BCUT2D eigenvalue weighted by Gasteiger charge is -2.14. The van der Waals surface area contributed by atoms with Gasteiger partial charge in [0.1, 0.15) is 5.49 Å². The number of carbonyl (C=O) groups excluding carboxylic acids is 1. The first-order valence-corrected chi connectivity index (χ1v) is 7.58. The zero-order valence-electron chi connectivity index (χ0n) is 14.6. The molecule has 0 unspecified atom stereocenters. The van der Waals surface area contributed by atoms with Crippen molar-refractivity contribution in [3.63, 3.8) is 0 Å². The van der Waals surface area contributed by atoms with Crippen molar-refractivity contribution >= 4 is 5.91 Å². The predicted molar refractivity (Wildman–Crippen MR) is 91.0 cm³/mol. The van der Waals surface area contributed by atoms with E-state index in [-0.39, 0.29) is 11.9 Å². The molecule has 6 heteroatoms. The van der Waals surface area contributed by atoms with E-state index in [9.17, 15) is 4.79 Å². The molecule has 24 heavy (non-hydrogen) atoms. The van der Waals surface area contributed by atoms with Gasteiger partial charge in [-0.05, 0) is 38.1 Å². The number of nitrogens with zero attached hydrogens (tertiary/aromatic N) is 2. The Morgan fingerprint density at radius 1 is 1.04 bits per heavy atom. The van der Waals surface area contributed by atoms with Crippen LogP contribution in [0.2, 0.25) is 0 Å². The lowest BCUT2D eigenvalue weighted by molar-refractivity contribution is 0.0953. The van der Waals surface area contributed by atoms with E-state index in [2.05, 4.69) is 4.99 Å². The maximum absolute atomic E-state index is 12.9. The Morgan fingerprint density at radius 2 is 1.67 bits per heavy atom. The molecule has 0 aliphatic heterocycles. The summed E-state index contributed by atoms with van der Waals surface area (Å²) in [6, 6.07) is 8.77. The third-order valence-electron chi connectivity index (χ3n) is 3.36. The number of ether oxygens (including phenoxy) is 3. The van der Waals surface area contributed by atoms with Gasteiger partial charge < -0.3 is 14.2 Å². The molecule has 0 amide bonds. The van der Waals surface area contributed by atoms with Crippen molar-refractivity contribution in [2.75, 3.05) is 21.3 Å². The molecule has 2 aromatic rings. The zero-order valence-corrected chi connectivity index (χ0v) is 14.6. The lowest BCUT2D eigenvalue weighted by Crippen LogP contribution is -2.28. The van der Waals surface area contributed by atoms with Crippen LogP contribution in [-0.4, -0.2) is 37.8 Å². The van der Waals surface area contributed by atoms with Gasteiger partial charge in [0.15, 0.2) is 11.5 Å². The first kappa shape index (κ1) is 17.6. The quantitative estimate of drug-likeness (QED) is 0.845. The van der Waals surface area contributed by atoms with Gasteiger partial charge in [0, 0.05) is 17.8 Å². The molecule has 0 aliphatic rings. The molecule has 1 heterocycles. The van der Waals surface area contributed by atoms with Crippen LogP contribution in [0, 0.1) is 0 Å². The molecular formula is C18H22N2O4. The second-order valence-electron chi connectivity index (χ2n) is 5.37. The van der Waals surface area contributed by atoms with E-state index in [0.717, 1.165) is 0 Å². The fourth-order valence-electron chi connectivity index (χ4n) is 2.32. The maximum atomic E-state index is 12.9. The molecule has 1 aromatic heterocycles. The average molecular weight is 330 g/mol. The molecule has 128 valence electrons. The van der Waals surface area contributed by atoms with E-state index >= 15 is 0 Å². The summed E-state index contributed by atoms with van der Waals surface area (Å²) in [5.41, 5.74) is 1.01. The first-order valence-electron chi connectivity index (χ1n) is 7.58. The van der Waals surface area contributed by atoms with Crippen LogP contribution in [0.1, 0.15) is 24.2 Å². The number of hydrogen-bond donors (Lipinski definition) is 0. The second kappa shape index (κ2) is 7.68. The minimum Gasteiger partial charge on any atom is -0.493 e. The second-order valence-corrected chi connectivity index (χ2v) is 5.37. The number of carbonyl (C=O) groups is 1. The summed E-state index contributed by atoms with van der Waals surface area (Å²) in [6.07, 6.45) is 1.69. The Morgan fingerprint density at radius 3 is 2.17 bits per heavy atom. The molecule has 0 radical (unpaired) electrons. The van der Waals surface area contributed by atoms with Crippen molar-refractivity contribution in [3.05, 3.63) is 47.6 Å². The number of pyridine rings is 1. The standard InChI is InChI=1S/C18H22N2O4/c1-12(2)19-16-8-6-7-9-20(16)18(21)13-10-14(22-3)17(24-5)15(11-13)23-4/h6-12H,1-5H3.